The molecule has 6 aliphatic heterocycles. The fraction of sp³-hybridized carbons (Fsp3) is 0.455. The third-order valence-electron chi connectivity index (χ3n) is 24.9. The van der Waals surface area contributed by atoms with Gasteiger partial charge in [-0.2, -0.15) is 0 Å². The second kappa shape index (κ2) is 38.1. The van der Waals surface area contributed by atoms with Gasteiger partial charge in [-0.15, -0.1) is 34.0 Å². The minimum atomic E-state index is -0.814. The van der Waals surface area contributed by atoms with Crippen LogP contribution in [0.4, 0.5) is 0 Å². The molecule has 6 aliphatic rings. The number of nitrogens with zero attached hydrogens (tertiary/aromatic N) is 9. The van der Waals surface area contributed by atoms with E-state index in [1.807, 2.05) is 152 Å². The van der Waals surface area contributed by atoms with Gasteiger partial charge in [0.05, 0.1) is 66.6 Å². The molecule has 6 aromatic carbocycles. The number of aliphatic hydroxyl groups excluding tert-OH is 3. The van der Waals surface area contributed by atoms with E-state index in [-0.39, 0.29) is 126 Å². The number of aryl methyl sites for hydroxylation is 3. The highest BCUT2D eigenvalue weighted by Crippen LogP contribution is 2.41. The number of β-amino-alcohol motifs (C(OH)–C–C–N with tert-alkyl or cyclic N) is 3. The fourth-order valence-electron chi connectivity index (χ4n) is 18.6. The number of fused-ring (bicyclic) bond motifs is 3. The van der Waals surface area contributed by atoms with Gasteiger partial charge in [0.2, 0.25) is 35.4 Å². The van der Waals surface area contributed by atoms with Crippen molar-refractivity contribution in [2.75, 3.05) is 19.6 Å². The van der Waals surface area contributed by atoms with Gasteiger partial charge in [-0.3, -0.25) is 43.2 Å². The third-order valence-corrected chi connectivity index (χ3v) is 27.9. The molecule has 6 N–H and O–H groups in total. The van der Waals surface area contributed by atoms with Gasteiger partial charge in [0.15, 0.2) is 0 Å². The Bertz CT molecular complexity index is 5060. The zero-order chi connectivity index (χ0) is 91.0. The van der Waals surface area contributed by atoms with Crippen molar-refractivity contribution in [3.05, 3.63) is 228 Å². The lowest BCUT2D eigenvalue weighted by molar-refractivity contribution is -0.143. The summed E-state index contributed by atoms with van der Waals surface area (Å²) in [6.07, 6.45) is -1.95. The van der Waals surface area contributed by atoms with E-state index in [4.69, 9.17) is 0 Å². The van der Waals surface area contributed by atoms with Crippen LogP contribution >= 0.6 is 34.0 Å². The first-order chi connectivity index (χ1) is 59.6. The molecule has 126 heavy (non-hydrogen) atoms. The number of aromatic nitrogens is 3. The Hall–Kier alpha value is -10.7. The Morgan fingerprint density at radius 3 is 0.849 bits per heavy atom. The molecule has 666 valence electrons. The number of nitrogens with one attached hydrogen (secondary N) is 3. The number of rotatable bonds is 21. The second-order valence-corrected chi connectivity index (χ2v) is 40.9. The fourth-order valence-corrected chi connectivity index (χ4v) is 21.0. The Morgan fingerprint density at radius 2 is 0.635 bits per heavy atom. The monoisotopic (exact) mass is 1760 g/mol. The average Bonchev–Trinajstić information content (AvgIpc) is 1.63. The summed E-state index contributed by atoms with van der Waals surface area (Å²) in [5.41, 5.74) is 22.2. The van der Waals surface area contributed by atoms with Crippen LogP contribution in [0.25, 0.3) is 31.3 Å². The van der Waals surface area contributed by atoms with Crippen LogP contribution in [-0.4, -0.2) is 187 Å². The first-order valence-corrected chi connectivity index (χ1v) is 46.3. The van der Waals surface area contributed by atoms with E-state index in [0.29, 0.717) is 56.0 Å². The predicted molar refractivity (Wildman–Crippen MR) is 492 cm³/mol. The van der Waals surface area contributed by atoms with Gasteiger partial charge in [0.25, 0.3) is 17.7 Å². The van der Waals surface area contributed by atoms with E-state index in [1.54, 1.807) is 66.9 Å². The lowest BCUT2D eigenvalue weighted by atomic mass is 9.82. The quantitative estimate of drug-likeness (QED) is 0.0390. The molecule has 9 amide bonds. The van der Waals surface area contributed by atoms with Crippen molar-refractivity contribution in [3.8, 4) is 31.3 Å². The van der Waals surface area contributed by atoms with E-state index < -0.39 is 54.6 Å². The summed E-state index contributed by atoms with van der Waals surface area (Å²) in [6.45, 7) is 38.9. The molecule has 27 heteroatoms. The van der Waals surface area contributed by atoms with Gasteiger partial charge < -0.3 is 60.7 Å². The Morgan fingerprint density at radius 1 is 0.389 bits per heavy atom. The van der Waals surface area contributed by atoms with Crippen LogP contribution in [0.5, 0.6) is 0 Å². The topological polar surface area (TPSA) is 309 Å². The Labute approximate surface area is 751 Å². The molecule has 3 aromatic heterocycles. The van der Waals surface area contributed by atoms with E-state index in [0.717, 1.165) is 98.5 Å². The molecule has 0 spiro atoms. The van der Waals surface area contributed by atoms with Crippen LogP contribution in [-0.2, 0) is 84.3 Å². The van der Waals surface area contributed by atoms with Crippen molar-refractivity contribution < 1.29 is 58.5 Å². The smallest absolute Gasteiger partial charge is 0.255 e. The summed E-state index contributed by atoms with van der Waals surface area (Å²) in [6, 6.07) is 36.4. The number of thiazole rings is 3. The first kappa shape index (κ1) is 93.0. The molecule has 0 aliphatic carbocycles. The molecule has 9 unspecified atom stereocenters. The maximum Gasteiger partial charge on any atom is 0.255 e. The summed E-state index contributed by atoms with van der Waals surface area (Å²) >= 11 is 4.83. The van der Waals surface area contributed by atoms with E-state index in [9.17, 15) is 58.5 Å². The summed E-state index contributed by atoms with van der Waals surface area (Å²) in [4.78, 5) is 148. The molecular weight excluding hydrogens is 1650 g/mol. The standard InChI is InChI=1S/3C33H40N4O4S/c3*1-19(2)28(37-16-23-9-7-8-10-25(23)31(37)40)32(41)36-17-24(38)14-27(36)30(39)34-15-22-12-11-21(13-26(22)33(4,5)6)29-20(3)35-18-42-29/h3*7-13,18-19,24,27-28,38H,14-17H2,1-6H3,(H,34,39). The van der Waals surface area contributed by atoms with Crippen molar-refractivity contribution >= 4 is 87.2 Å². The molecular formula is C99H120N12O12S3. The summed E-state index contributed by atoms with van der Waals surface area (Å²) < 4.78 is 0. The molecule has 3 saturated heterocycles. The Kier molecular flexibility index (Phi) is 28.1. The van der Waals surface area contributed by atoms with Crippen LogP contribution in [0.15, 0.2) is 144 Å². The normalized spacial score (nSPS) is 19.4. The van der Waals surface area contributed by atoms with Gasteiger partial charge in [-0.25, -0.2) is 15.0 Å². The molecule has 15 rings (SSSR count). The molecule has 3 fully saturated rings. The number of hydrogen-bond donors (Lipinski definition) is 6. The van der Waals surface area contributed by atoms with Crippen molar-refractivity contribution in [1.29, 1.82) is 0 Å². The number of hydrogen-bond acceptors (Lipinski definition) is 18. The highest BCUT2D eigenvalue weighted by molar-refractivity contribution is 7.14. The van der Waals surface area contributed by atoms with Gasteiger partial charge in [0.1, 0.15) is 36.3 Å². The van der Waals surface area contributed by atoms with Crippen molar-refractivity contribution in [2.45, 2.75) is 254 Å². The van der Waals surface area contributed by atoms with Gasteiger partial charge in [-0.1, -0.05) is 195 Å². The minimum absolute atomic E-state index is 0.0608. The highest BCUT2D eigenvalue weighted by Gasteiger charge is 2.50. The molecule has 0 saturated carbocycles. The summed E-state index contributed by atoms with van der Waals surface area (Å²) in [5.74, 6) is -2.87. The van der Waals surface area contributed by atoms with Crippen molar-refractivity contribution in [2.24, 2.45) is 17.8 Å². The molecule has 0 radical (unpaired) electrons. The SMILES string of the molecule is Cc1ncsc1-c1ccc(CNC(=O)C2CC(O)CN2C(=O)C(C(C)C)N2Cc3ccccc3C2=O)c(C(C)(C)C)c1.Cc1ncsc1-c1ccc(CNC(=O)C2CC(O)CN2C(=O)C(C(C)C)N2Cc3ccccc3C2=O)c(C(C)(C)C)c1.Cc1ncsc1-c1ccc(CNC(=O)C2CC(O)CN2C(=O)C(C(C)C)N2Cc3ccccc3C2=O)c(C(C)(C)C)c1. The zero-order valence-corrected chi connectivity index (χ0v) is 78.0. The maximum absolute atomic E-state index is 14.0. The largest absolute Gasteiger partial charge is 0.391 e. The lowest BCUT2D eigenvalue weighted by Gasteiger charge is -2.35. The number of aliphatic hydroxyl groups is 3. The number of carbonyl (C=O) groups excluding carboxylic acids is 9. The lowest BCUT2D eigenvalue weighted by Crippen LogP contribution is -2.55. The molecule has 9 aromatic rings. The Balaban J connectivity index is 0.000000162. The number of benzene rings is 6. The van der Waals surface area contributed by atoms with Crippen molar-refractivity contribution in [3.63, 3.8) is 0 Å². The molecule has 9 atom stereocenters. The molecule has 0 bridgehead atoms. The van der Waals surface area contributed by atoms with Crippen LogP contribution in [0.2, 0.25) is 0 Å². The van der Waals surface area contributed by atoms with Crippen LogP contribution < -0.4 is 16.0 Å². The zero-order valence-electron chi connectivity index (χ0n) is 75.5. The summed E-state index contributed by atoms with van der Waals surface area (Å²) in [5, 5.41) is 40.9. The first-order valence-electron chi connectivity index (χ1n) is 43.7. The summed E-state index contributed by atoms with van der Waals surface area (Å²) in [7, 11) is 0. The third kappa shape index (κ3) is 19.9. The maximum atomic E-state index is 14.0. The number of carbonyl (C=O) groups is 9. The van der Waals surface area contributed by atoms with Crippen LogP contribution in [0.1, 0.15) is 221 Å². The van der Waals surface area contributed by atoms with Gasteiger partial charge >= 0.3 is 0 Å². The molecule has 24 nitrogen and oxygen atoms in total. The van der Waals surface area contributed by atoms with E-state index in [2.05, 4.69) is 130 Å². The highest BCUT2D eigenvalue weighted by atomic mass is 32.1. The molecule has 9 heterocycles. The van der Waals surface area contributed by atoms with E-state index >= 15 is 0 Å². The second-order valence-electron chi connectivity index (χ2n) is 38.3. The average molecular weight is 1770 g/mol. The number of likely N-dealkylation sites (tertiary alicyclic amines) is 3. The minimum Gasteiger partial charge on any atom is -0.391 e. The van der Waals surface area contributed by atoms with E-state index in [1.165, 1.54) is 14.7 Å². The van der Waals surface area contributed by atoms with Gasteiger partial charge in [-0.05, 0) is 158 Å². The predicted octanol–water partition coefficient (Wildman–Crippen LogP) is 14.0. The van der Waals surface area contributed by atoms with Crippen LogP contribution in [0, 0.1) is 38.5 Å². The van der Waals surface area contributed by atoms with Crippen molar-refractivity contribution in [1.82, 2.24) is 60.3 Å². The van der Waals surface area contributed by atoms with Gasteiger partial charge in [0, 0.05) is 94.9 Å². The van der Waals surface area contributed by atoms with Crippen LogP contribution in [0.3, 0.4) is 0 Å². The number of amides is 9.